The van der Waals surface area contributed by atoms with Crippen LogP contribution in [0.1, 0.15) is 29.8 Å². The van der Waals surface area contributed by atoms with Crippen molar-refractivity contribution in [2.24, 2.45) is 4.99 Å². The minimum Gasteiger partial charge on any atom is -0.445 e. The highest BCUT2D eigenvalue weighted by Crippen LogP contribution is 2.22. The lowest BCUT2D eigenvalue weighted by molar-refractivity contribution is 0.0366. The fraction of sp³-hybridized carbons (Fsp3) is 0.263. The molecule has 3 rings (SSSR count). The van der Waals surface area contributed by atoms with Gasteiger partial charge in [0.15, 0.2) is 0 Å². The zero-order chi connectivity index (χ0) is 17.6. The summed E-state index contributed by atoms with van der Waals surface area (Å²) in [7, 11) is 0. The molecular weight excluding hydrogens is 318 g/mol. The Morgan fingerprint density at radius 3 is 2.84 bits per heavy atom. The standard InChI is InChI=1S/C19H21N3O3/c1-13-7-6-10-16(11-13)18-21-17(22-25-18)14(2)20-19(23)24-12-15-8-4-3-5-9-15/h3-11,14,18H,12H2,1-2H3,(H,20,23)(H,21,22). The minimum atomic E-state index is -0.500. The molecule has 1 heterocycles. The van der Waals surface area contributed by atoms with Crippen LogP contribution < -0.4 is 10.8 Å². The number of ether oxygens (including phenoxy) is 1. The third-order valence-corrected chi connectivity index (χ3v) is 3.82. The fourth-order valence-corrected chi connectivity index (χ4v) is 2.47. The lowest BCUT2D eigenvalue weighted by Crippen LogP contribution is -2.43. The van der Waals surface area contributed by atoms with E-state index in [9.17, 15) is 4.79 Å². The summed E-state index contributed by atoms with van der Waals surface area (Å²) in [6.07, 6.45) is -0.917. The summed E-state index contributed by atoms with van der Waals surface area (Å²) >= 11 is 0. The van der Waals surface area contributed by atoms with Crippen molar-refractivity contribution in [2.75, 3.05) is 0 Å². The van der Waals surface area contributed by atoms with Gasteiger partial charge in [-0.1, -0.05) is 60.2 Å². The lowest BCUT2D eigenvalue weighted by atomic mass is 10.1. The van der Waals surface area contributed by atoms with Crippen LogP contribution >= 0.6 is 0 Å². The van der Waals surface area contributed by atoms with Gasteiger partial charge in [0, 0.05) is 5.56 Å². The summed E-state index contributed by atoms with van der Waals surface area (Å²) in [5.41, 5.74) is 5.82. The Bertz CT molecular complexity index is 762. The van der Waals surface area contributed by atoms with E-state index in [1.54, 1.807) is 0 Å². The number of benzene rings is 2. The number of rotatable bonds is 5. The molecule has 130 valence electrons. The van der Waals surface area contributed by atoms with E-state index < -0.39 is 12.3 Å². The van der Waals surface area contributed by atoms with E-state index in [2.05, 4.69) is 15.8 Å². The second kappa shape index (κ2) is 7.81. The molecule has 0 aromatic heterocycles. The topological polar surface area (TPSA) is 72.0 Å². The van der Waals surface area contributed by atoms with Crippen molar-refractivity contribution in [3.63, 3.8) is 0 Å². The van der Waals surface area contributed by atoms with E-state index in [4.69, 9.17) is 9.57 Å². The number of alkyl carbamates (subject to hydrolysis) is 1. The minimum absolute atomic E-state index is 0.224. The Hall–Kier alpha value is -2.86. The SMILES string of the molecule is Cc1cccc(C2N=C(C(C)NC(=O)OCc3ccccc3)NO2)c1. The molecular formula is C19H21N3O3. The van der Waals surface area contributed by atoms with Gasteiger partial charge in [0.2, 0.25) is 6.23 Å². The summed E-state index contributed by atoms with van der Waals surface area (Å²) in [5, 5.41) is 2.74. The Kier molecular flexibility index (Phi) is 5.30. The van der Waals surface area contributed by atoms with Crippen molar-refractivity contribution < 1.29 is 14.4 Å². The number of nitrogens with one attached hydrogen (secondary N) is 2. The third-order valence-electron chi connectivity index (χ3n) is 3.82. The number of amides is 1. The van der Waals surface area contributed by atoms with Crippen LogP contribution in [0.2, 0.25) is 0 Å². The van der Waals surface area contributed by atoms with Crippen molar-refractivity contribution in [2.45, 2.75) is 32.7 Å². The van der Waals surface area contributed by atoms with Crippen LogP contribution in [-0.4, -0.2) is 18.0 Å². The van der Waals surface area contributed by atoms with Gasteiger partial charge in [-0.2, -0.15) is 0 Å². The van der Waals surface area contributed by atoms with Gasteiger partial charge in [-0.3, -0.25) is 0 Å². The maximum atomic E-state index is 11.9. The first-order valence-corrected chi connectivity index (χ1v) is 8.15. The lowest BCUT2D eigenvalue weighted by Gasteiger charge is -2.13. The van der Waals surface area contributed by atoms with Crippen LogP contribution in [0, 0.1) is 6.92 Å². The molecule has 2 aromatic rings. The number of amidine groups is 1. The van der Waals surface area contributed by atoms with Gasteiger partial charge < -0.3 is 10.1 Å². The predicted molar refractivity (Wildman–Crippen MR) is 94.8 cm³/mol. The van der Waals surface area contributed by atoms with E-state index in [1.165, 1.54) is 0 Å². The Labute approximate surface area is 146 Å². The van der Waals surface area contributed by atoms with Crippen molar-refractivity contribution >= 4 is 11.9 Å². The maximum absolute atomic E-state index is 11.9. The van der Waals surface area contributed by atoms with Crippen LogP contribution in [-0.2, 0) is 16.2 Å². The quantitative estimate of drug-likeness (QED) is 0.877. The predicted octanol–water partition coefficient (Wildman–Crippen LogP) is 3.24. The molecule has 1 amide bonds. The summed E-state index contributed by atoms with van der Waals surface area (Å²) in [6.45, 7) is 4.06. The molecule has 6 nitrogen and oxygen atoms in total. The first-order chi connectivity index (χ1) is 12.1. The molecule has 25 heavy (non-hydrogen) atoms. The molecule has 0 saturated carbocycles. The van der Waals surface area contributed by atoms with Gasteiger partial charge in [-0.25, -0.2) is 20.1 Å². The van der Waals surface area contributed by atoms with Crippen molar-refractivity contribution in [1.82, 2.24) is 10.8 Å². The van der Waals surface area contributed by atoms with Crippen LogP contribution in [0.25, 0.3) is 0 Å². The molecule has 0 radical (unpaired) electrons. The highest BCUT2D eigenvalue weighted by molar-refractivity contribution is 5.90. The van der Waals surface area contributed by atoms with Crippen molar-refractivity contribution in [1.29, 1.82) is 0 Å². The molecule has 0 spiro atoms. The number of hydrogen-bond donors (Lipinski definition) is 2. The molecule has 0 aliphatic carbocycles. The average molecular weight is 339 g/mol. The molecule has 2 aromatic carbocycles. The molecule has 1 aliphatic heterocycles. The molecule has 0 saturated heterocycles. The van der Waals surface area contributed by atoms with Crippen LogP contribution in [0.3, 0.4) is 0 Å². The molecule has 2 N–H and O–H groups in total. The van der Waals surface area contributed by atoms with Gasteiger partial charge in [0.25, 0.3) is 0 Å². The van der Waals surface area contributed by atoms with Gasteiger partial charge in [0.1, 0.15) is 12.4 Å². The van der Waals surface area contributed by atoms with E-state index in [0.717, 1.165) is 16.7 Å². The summed E-state index contributed by atoms with van der Waals surface area (Å²) < 4.78 is 5.21. The number of hydrogen-bond acceptors (Lipinski definition) is 5. The summed E-state index contributed by atoms with van der Waals surface area (Å²) in [5.74, 6) is 0.558. The maximum Gasteiger partial charge on any atom is 0.408 e. The zero-order valence-electron chi connectivity index (χ0n) is 14.2. The Balaban J connectivity index is 1.53. The van der Waals surface area contributed by atoms with E-state index in [0.29, 0.717) is 5.84 Å². The first-order valence-electron chi connectivity index (χ1n) is 8.15. The summed E-state index contributed by atoms with van der Waals surface area (Å²) in [6, 6.07) is 17.1. The van der Waals surface area contributed by atoms with E-state index >= 15 is 0 Å². The Morgan fingerprint density at radius 2 is 2.08 bits per heavy atom. The van der Waals surface area contributed by atoms with Crippen LogP contribution in [0.15, 0.2) is 59.6 Å². The Morgan fingerprint density at radius 1 is 1.28 bits per heavy atom. The second-order valence-electron chi connectivity index (χ2n) is 5.93. The largest absolute Gasteiger partial charge is 0.445 e. The van der Waals surface area contributed by atoms with E-state index in [-0.39, 0.29) is 12.6 Å². The highest BCUT2D eigenvalue weighted by Gasteiger charge is 2.24. The molecule has 2 atom stereocenters. The van der Waals surface area contributed by atoms with Crippen molar-refractivity contribution in [3.8, 4) is 0 Å². The number of aliphatic imine (C=N–C) groups is 1. The van der Waals surface area contributed by atoms with Gasteiger partial charge >= 0.3 is 6.09 Å². The first kappa shape index (κ1) is 17.0. The number of carbonyl (C=O) groups is 1. The van der Waals surface area contributed by atoms with Crippen LogP contribution in [0.5, 0.6) is 0 Å². The number of nitrogens with zero attached hydrogens (tertiary/aromatic N) is 1. The highest BCUT2D eigenvalue weighted by atomic mass is 16.7. The fourth-order valence-electron chi connectivity index (χ4n) is 2.47. The molecule has 0 bridgehead atoms. The normalized spacial score (nSPS) is 17.4. The zero-order valence-corrected chi connectivity index (χ0v) is 14.2. The average Bonchev–Trinajstić information content (AvgIpc) is 3.11. The number of hydroxylamine groups is 1. The molecule has 0 fully saturated rings. The van der Waals surface area contributed by atoms with E-state index in [1.807, 2.05) is 68.4 Å². The van der Waals surface area contributed by atoms with Gasteiger partial charge in [-0.05, 0) is 19.4 Å². The van der Waals surface area contributed by atoms with Crippen molar-refractivity contribution in [3.05, 3.63) is 71.3 Å². The molecule has 1 aliphatic rings. The smallest absolute Gasteiger partial charge is 0.408 e. The molecule has 6 heteroatoms. The molecule has 2 unspecified atom stereocenters. The summed E-state index contributed by atoms with van der Waals surface area (Å²) in [4.78, 5) is 21.9. The monoisotopic (exact) mass is 339 g/mol. The van der Waals surface area contributed by atoms with Gasteiger partial charge in [0.05, 0.1) is 6.04 Å². The number of carbonyl (C=O) groups excluding carboxylic acids is 1. The van der Waals surface area contributed by atoms with Crippen LogP contribution in [0.4, 0.5) is 4.79 Å². The third kappa shape index (κ3) is 4.58. The second-order valence-corrected chi connectivity index (χ2v) is 5.93. The number of aryl methyl sites for hydroxylation is 1. The van der Waals surface area contributed by atoms with Gasteiger partial charge in [-0.15, -0.1) is 0 Å².